The number of aliphatic carboxylic acids is 1. The summed E-state index contributed by atoms with van der Waals surface area (Å²) in [6, 6.07) is 13.5. The van der Waals surface area contributed by atoms with Gasteiger partial charge in [0, 0.05) is 28.4 Å². The van der Waals surface area contributed by atoms with Crippen molar-refractivity contribution in [3.05, 3.63) is 42.5 Å². The summed E-state index contributed by atoms with van der Waals surface area (Å²) in [7, 11) is 0. The van der Waals surface area contributed by atoms with E-state index in [2.05, 4.69) is 5.32 Å². The number of anilines is 1. The standard InChI is InChI=1S/C20H19NO4/c22-19(12-5-7-13(8-6-12)20(23)24)21-14-9-10-16-15-3-1-2-4-17(15)25-18(16)11-14/h1-4,9-13H,5-8H2,(H,21,22)(H,23,24). The molecule has 0 unspecified atom stereocenters. The average Bonchev–Trinajstić information content (AvgIpc) is 2.99. The molecule has 0 radical (unpaired) electrons. The van der Waals surface area contributed by atoms with Crippen LogP contribution in [0.15, 0.2) is 46.9 Å². The lowest BCUT2D eigenvalue weighted by Crippen LogP contribution is -2.29. The van der Waals surface area contributed by atoms with Gasteiger partial charge in [-0.15, -0.1) is 0 Å². The van der Waals surface area contributed by atoms with Crippen LogP contribution in [0.3, 0.4) is 0 Å². The molecule has 0 spiro atoms. The third-order valence-electron chi connectivity index (χ3n) is 5.09. The Bertz CT molecular complexity index is 951. The molecule has 4 rings (SSSR count). The monoisotopic (exact) mass is 337 g/mol. The first kappa shape index (κ1) is 15.7. The molecule has 1 amide bonds. The van der Waals surface area contributed by atoms with E-state index >= 15 is 0 Å². The summed E-state index contributed by atoms with van der Waals surface area (Å²) >= 11 is 0. The summed E-state index contributed by atoms with van der Waals surface area (Å²) in [5.41, 5.74) is 2.28. The Hall–Kier alpha value is -2.82. The molecule has 1 saturated carbocycles. The number of nitrogens with one attached hydrogen (secondary N) is 1. The summed E-state index contributed by atoms with van der Waals surface area (Å²) in [6.07, 6.45) is 2.37. The van der Waals surface area contributed by atoms with E-state index in [1.54, 1.807) is 0 Å². The van der Waals surface area contributed by atoms with Crippen LogP contribution in [0.25, 0.3) is 21.9 Å². The van der Waals surface area contributed by atoms with Gasteiger partial charge in [-0.05, 0) is 43.9 Å². The maximum Gasteiger partial charge on any atom is 0.306 e. The van der Waals surface area contributed by atoms with Gasteiger partial charge in [0.25, 0.3) is 0 Å². The number of hydrogen-bond acceptors (Lipinski definition) is 3. The van der Waals surface area contributed by atoms with Gasteiger partial charge < -0.3 is 14.8 Å². The van der Waals surface area contributed by atoms with Crippen LogP contribution in [0, 0.1) is 11.8 Å². The first-order valence-electron chi connectivity index (χ1n) is 8.57. The number of carbonyl (C=O) groups excluding carboxylic acids is 1. The number of hydrogen-bond donors (Lipinski definition) is 2. The molecule has 5 nitrogen and oxygen atoms in total. The topological polar surface area (TPSA) is 79.5 Å². The van der Waals surface area contributed by atoms with Crippen LogP contribution in [0.5, 0.6) is 0 Å². The highest BCUT2D eigenvalue weighted by atomic mass is 16.4. The zero-order chi connectivity index (χ0) is 17.4. The molecule has 0 atom stereocenters. The van der Waals surface area contributed by atoms with Crippen LogP contribution in [0.4, 0.5) is 5.69 Å². The second-order valence-electron chi connectivity index (χ2n) is 6.69. The van der Waals surface area contributed by atoms with Crippen molar-refractivity contribution in [2.45, 2.75) is 25.7 Å². The molecule has 1 aliphatic carbocycles. The first-order valence-corrected chi connectivity index (χ1v) is 8.57. The van der Waals surface area contributed by atoms with E-state index in [0.29, 0.717) is 31.4 Å². The van der Waals surface area contributed by atoms with Crippen LogP contribution in [-0.4, -0.2) is 17.0 Å². The molecule has 1 heterocycles. The number of carboxylic acids is 1. The van der Waals surface area contributed by atoms with Gasteiger partial charge in [-0.1, -0.05) is 18.2 Å². The van der Waals surface area contributed by atoms with E-state index in [4.69, 9.17) is 9.52 Å². The zero-order valence-electron chi connectivity index (χ0n) is 13.7. The molecule has 1 fully saturated rings. The van der Waals surface area contributed by atoms with Crippen molar-refractivity contribution in [3.8, 4) is 0 Å². The Morgan fingerprint density at radius 2 is 1.60 bits per heavy atom. The van der Waals surface area contributed by atoms with E-state index in [9.17, 15) is 9.59 Å². The molecule has 0 aliphatic heterocycles. The maximum atomic E-state index is 12.5. The minimum Gasteiger partial charge on any atom is -0.481 e. The van der Waals surface area contributed by atoms with Crippen molar-refractivity contribution in [3.63, 3.8) is 0 Å². The van der Waals surface area contributed by atoms with Gasteiger partial charge in [-0.3, -0.25) is 9.59 Å². The summed E-state index contributed by atoms with van der Waals surface area (Å²) in [5.74, 6) is -1.23. The van der Waals surface area contributed by atoms with Gasteiger partial charge in [-0.2, -0.15) is 0 Å². The number of para-hydroxylation sites is 1. The molecule has 2 aromatic carbocycles. The van der Waals surface area contributed by atoms with Crippen molar-refractivity contribution < 1.29 is 19.1 Å². The lowest BCUT2D eigenvalue weighted by Gasteiger charge is -2.25. The Labute approximate surface area is 144 Å². The summed E-state index contributed by atoms with van der Waals surface area (Å²) in [5, 5.41) is 14.1. The second kappa shape index (κ2) is 6.24. The van der Waals surface area contributed by atoms with Crippen molar-refractivity contribution >= 4 is 39.5 Å². The van der Waals surface area contributed by atoms with Crippen molar-refractivity contribution in [1.29, 1.82) is 0 Å². The third kappa shape index (κ3) is 2.97. The Balaban J connectivity index is 1.50. The number of benzene rings is 2. The quantitative estimate of drug-likeness (QED) is 0.741. The molecular formula is C20H19NO4. The molecule has 1 aromatic heterocycles. The molecule has 0 bridgehead atoms. The van der Waals surface area contributed by atoms with Crippen LogP contribution >= 0.6 is 0 Å². The minimum absolute atomic E-state index is 0.0423. The number of fused-ring (bicyclic) bond motifs is 3. The van der Waals surface area contributed by atoms with Gasteiger partial charge >= 0.3 is 5.97 Å². The smallest absolute Gasteiger partial charge is 0.306 e. The molecule has 1 aliphatic rings. The van der Waals surface area contributed by atoms with E-state index < -0.39 is 5.97 Å². The van der Waals surface area contributed by atoms with E-state index in [1.807, 2.05) is 42.5 Å². The lowest BCUT2D eigenvalue weighted by atomic mass is 9.81. The van der Waals surface area contributed by atoms with E-state index in [-0.39, 0.29) is 17.7 Å². The van der Waals surface area contributed by atoms with Crippen LogP contribution < -0.4 is 5.32 Å². The zero-order valence-corrected chi connectivity index (χ0v) is 13.7. The number of amides is 1. The number of rotatable bonds is 3. The van der Waals surface area contributed by atoms with E-state index in [0.717, 1.165) is 21.9 Å². The molecule has 5 heteroatoms. The molecule has 25 heavy (non-hydrogen) atoms. The van der Waals surface area contributed by atoms with Gasteiger partial charge in [0.2, 0.25) is 5.91 Å². The molecule has 0 saturated heterocycles. The lowest BCUT2D eigenvalue weighted by molar-refractivity contribution is -0.143. The summed E-state index contributed by atoms with van der Waals surface area (Å²) in [4.78, 5) is 23.5. The molecule has 3 aromatic rings. The van der Waals surface area contributed by atoms with Crippen LogP contribution in [0.1, 0.15) is 25.7 Å². The highest BCUT2D eigenvalue weighted by Crippen LogP contribution is 2.32. The van der Waals surface area contributed by atoms with Gasteiger partial charge in [0.1, 0.15) is 11.2 Å². The fourth-order valence-electron chi connectivity index (χ4n) is 3.65. The van der Waals surface area contributed by atoms with Crippen molar-refractivity contribution in [2.75, 3.05) is 5.32 Å². The molecule has 2 N–H and O–H groups in total. The fourth-order valence-corrected chi connectivity index (χ4v) is 3.65. The van der Waals surface area contributed by atoms with Crippen molar-refractivity contribution in [1.82, 2.24) is 0 Å². The highest BCUT2D eigenvalue weighted by molar-refractivity contribution is 6.06. The van der Waals surface area contributed by atoms with Crippen LogP contribution in [0.2, 0.25) is 0 Å². The number of carboxylic acid groups (broad SMARTS) is 1. The largest absolute Gasteiger partial charge is 0.481 e. The molecule has 128 valence electrons. The predicted molar refractivity (Wildman–Crippen MR) is 95.4 cm³/mol. The van der Waals surface area contributed by atoms with Gasteiger partial charge in [0.05, 0.1) is 5.92 Å². The Morgan fingerprint density at radius 1 is 0.920 bits per heavy atom. The Kier molecular flexibility index (Phi) is 3.92. The average molecular weight is 337 g/mol. The minimum atomic E-state index is -0.755. The highest BCUT2D eigenvalue weighted by Gasteiger charge is 2.29. The first-order chi connectivity index (χ1) is 12.1. The third-order valence-corrected chi connectivity index (χ3v) is 5.09. The maximum absolute atomic E-state index is 12.5. The number of furan rings is 1. The fraction of sp³-hybridized carbons (Fsp3) is 0.300. The summed E-state index contributed by atoms with van der Waals surface area (Å²) in [6.45, 7) is 0. The second-order valence-corrected chi connectivity index (χ2v) is 6.69. The van der Waals surface area contributed by atoms with Crippen molar-refractivity contribution in [2.24, 2.45) is 11.8 Å². The van der Waals surface area contributed by atoms with Gasteiger partial charge in [-0.25, -0.2) is 0 Å². The van der Waals surface area contributed by atoms with E-state index in [1.165, 1.54) is 0 Å². The predicted octanol–water partition coefficient (Wildman–Crippen LogP) is 4.42. The summed E-state index contributed by atoms with van der Waals surface area (Å²) < 4.78 is 5.84. The molecular weight excluding hydrogens is 318 g/mol. The SMILES string of the molecule is O=C(O)C1CCC(C(=O)Nc2ccc3c(c2)oc2ccccc23)CC1. The van der Waals surface area contributed by atoms with Gasteiger partial charge in [0.15, 0.2) is 0 Å². The Morgan fingerprint density at radius 3 is 2.36 bits per heavy atom. The normalized spacial score (nSPS) is 20.6. The van der Waals surface area contributed by atoms with Crippen LogP contribution in [-0.2, 0) is 9.59 Å². The number of carbonyl (C=O) groups is 2.